The molecule has 178 valence electrons. The molecule has 1 fully saturated rings. The molecule has 1 aliphatic heterocycles. The first-order valence-corrected chi connectivity index (χ1v) is 12.2. The lowest BCUT2D eigenvalue weighted by molar-refractivity contribution is -0.130. The van der Waals surface area contributed by atoms with Crippen LogP contribution in [0, 0.1) is 6.92 Å². The molecule has 4 aromatic rings. The quantitative estimate of drug-likeness (QED) is 0.475. The van der Waals surface area contributed by atoms with Crippen molar-refractivity contribution in [2.75, 3.05) is 33.7 Å². The van der Waals surface area contributed by atoms with Crippen LogP contribution in [0.25, 0.3) is 27.9 Å². The monoisotopic (exact) mass is 458 g/mol. The van der Waals surface area contributed by atoms with Crippen LogP contribution in [0.3, 0.4) is 0 Å². The van der Waals surface area contributed by atoms with E-state index in [0.717, 1.165) is 54.0 Å². The molecule has 1 amide bonds. The minimum Gasteiger partial charge on any atom is -0.353 e. The van der Waals surface area contributed by atoms with Gasteiger partial charge in [-0.2, -0.15) is 5.10 Å². The Hall–Kier alpha value is -3.19. The summed E-state index contributed by atoms with van der Waals surface area (Å²) in [5, 5.41) is 6.14. The summed E-state index contributed by atoms with van der Waals surface area (Å²) >= 11 is 0. The number of amides is 1. The van der Waals surface area contributed by atoms with E-state index < -0.39 is 0 Å². The highest BCUT2D eigenvalue weighted by atomic mass is 16.2. The molecule has 0 unspecified atom stereocenters. The van der Waals surface area contributed by atoms with E-state index in [1.807, 2.05) is 24.8 Å². The maximum atomic E-state index is 12.1. The summed E-state index contributed by atoms with van der Waals surface area (Å²) in [6.07, 6.45) is 5.86. The van der Waals surface area contributed by atoms with Crippen LogP contribution in [0.2, 0.25) is 0 Å². The first-order valence-electron chi connectivity index (χ1n) is 12.2. The molecule has 0 bridgehead atoms. The normalized spacial score (nSPS) is 15.6. The molecule has 34 heavy (non-hydrogen) atoms. The number of likely N-dealkylation sites (N-methyl/N-ethyl adjacent to an activating group) is 1. The molecule has 1 aliphatic rings. The van der Waals surface area contributed by atoms with Gasteiger partial charge in [0.1, 0.15) is 5.69 Å². The number of nitrogens with one attached hydrogen (secondary N) is 1. The van der Waals surface area contributed by atoms with Crippen LogP contribution >= 0.6 is 0 Å². The summed E-state index contributed by atoms with van der Waals surface area (Å²) in [6, 6.07) is 9.02. The number of aromatic nitrogens is 4. The fourth-order valence-corrected chi connectivity index (χ4v) is 5.24. The van der Waals surface area contributed by atoms with Gasteiger partial charge >= 0.3 is 0 Å². The smallest absolute Gasteiger partial charge is 0.236 e. The maximum absolute atomic E-state index is 12.1. The summed E-state index contributed by atoms with van der Waals surface area (Å²) in [4.78, 5) is 24.1. The number of hydrogen-bond donors (Lipinski definition) is 1. The number of H-pyrrole nitrogens is 1. The van der Waals surface area contributed by atoms with Gasteiger partial charge in [0.25, 0.3) is 0 Å². The standard InChI is InChI=1S/C27H34N6O/c1-17(2)25-21-15-20(19-8-11-32(12-9-19)16-24(34)31(4)5)6-7-22(21)29-26(25)23-14-18(3)27-28-10-13-33(27)30-23/h6-7,10,13-15,17,19,29H,8-9,11-12,16H2,1-5H3. The van der Waals surface area contributed by atoms with Gasteiger partial charge in [-0.05, 0) is 79.6 Å². The third kappa shape index (κ3) is 4.09. The molecule has 7 heteroatoms. The molecule has 1 aromatic carbocycles. The van der Waals surface area contributed by atoms with Crippen molar-refractivity contribution in [3.05, 3.63) is 53.3 Å². The molecule has 3 aromatic heterocycles. The third-order valence-electron chi connectivity index (χ3n) is 7.16. The topological polar surface area (TPSA) is 69.5 Å². The fourth-order valence-electron chi connectivity index (χ4n) is 5.24. The van der Waals surface area contributed by atoms with Crippen LogP contribution in [-0.2, 0) is 4.79 Å². The summed E-state index contributed by atoms with van der Waals surface area (Å²) in [7, 11) is 3.65. The molecule has 0 spiro atoms. The van der Waals surface area contributed by atoms with E-state index in [1.54, 1.807) is 11.1 Å². The molecule has 1 N–H and O–H groups in total. The lowest BCUT2D eigenvalue weighted by Gasteiger charge is -2.32. The second kappa shape index (κ2) is 8.87. The van der Waals surface area contributed by atoms with E-state index in [-0.39, 0.29) is 5.91 Å². The van der Waals surface area contributed by atoms with Crippen molar-refractivity contribution >= 4 is 22.5 Å². The number of nitrogens with zero attached hydrogens (tertiary/aromatic N) is 5. The highest BCUT2D eigenvalue weighted by molar-refractivity contribution is 5.91. The second-order valence-electron chi connectivity index (χ2n) is 10.1. The second-order valence-corrected chi connectivity index (χ2v) is 10.1. The molecule has 7 nitrogen and oxygen atoms in total. The summed E-state index contributed by atoms with van der Waals surface area (Å²) in [5.41, 5.74) is 7.92. The molecule has 1 saturated heterocycles. The maximum Gasteiger partial charge on any atom is 0.236 e. The van der Waals surface area contributed by atoms with Crippen LogP contribution < -0.4 is 0 Å². The zero-order chi connectivity index (χ0) is 24.0. The number of rotatable bonds is 5. The van der Waals surface area contributed by atoms with Gasteiger partial charge in [-0.15, -0.1) is 0 Å². The highest BCUT2D eigenvalue weighted by Gasteiger charge is 2.24. The fraction of sp³-hybridized carbons (Fsp3) is 0.444. The number of carbonyl (C=O) groups is 1. The number of aryl methyl sites for hydroxylation is 1. The van der Waals surface area contributed by atoms with Gasteiger partial charge < -0.3 is 9.88 Å². The first-order chi connectivity index (χ1) is 16.3. The van der Waals surface area contributed by atoms with Crippen LogP contribution in [0.5, 0.6) is 0 Å². The Kier molecular flexibility index (Phi) is 5.90. The van der Waals surface area contributed by atoms with E-state index in [0.29, 0.717) is 18.4 Å². The molecule has 0 aliphatic carbocycles. The van der Waals surface area contributed by atoms with Crippen LogP contribution in [0.15, 0.2) is 36.7 Å². The van der Waals surface area contributed by atoms with Gasteiger partial charge in [0.2, 0.25) is 5.91 Å². The van der Waals surface area contributed by atoms with Crippen molar-refractivity contribution in [3.63, 3.8) is 0 Å². The molecule has 5 rings (SSSR count). The number of imidazole rings is 1. The Labute approximate surface area is 200 Å². The van der Waals surface area contributed by atoms with E-state index in [2.05, 4.69) is 59.9 Å². The van der Waals surface area contributed by atoms with Gasteiger partial charge in [0, 0.05) is 37.4 Å². The van der Waals surface area contributed by atoms with E-state index >= 15 is 0 Å². The van der Waals surface area contributed by atoms with Crippen molar-refractivity contribution in [2.45, 2.75) is 45.4 Å². The summed E-state index contributed by atoms with van der Waals surface area (Å²) < 4.78 is 1.86. The van der Waals surface area contributed by atoms with Crippen LogP contribution in [0.4, 0.5) is 0 Å². The van der Waals surface area contributed by atoms with Gasteiger partial charge in [0.05, 0.1) is 12.2 Å². The van der Waals surface area contributed by atoms with Gasteiger partial charge in [-0.1, -0.05) is 19.9 Å². The third-order valence-corrected chi connectivity index (χ3v) is 7.16. The number of benzene rings is 1. The van der Waals surface area contributed by atoms with Gasteiger partial charge in [0.15, 0.2) is 5.65 Å². The van der Waals surface area contributed by atoms with Crippen molar-refractivity contribution < 1.29 is 4.79 Å². The van der Waals surface area contributed by atoms with Crippen molar-refractivity contribution in [3.8, 4) is 11.4 Å². The predicted octanol–water partition coefficient (Wildman–Crippen LogP) is 4.58. The number of fused-ring (bicyclic) bond motifs is 2. The molecule has 0 saturated carbocycles. The van der Waals surface area contributed by atoms with E-state index in [4.69, 9.17) is 5.10 Å². The zero-order valence-corrected chi connectivity index (χ0v) is 20.8. The van der Waals surface area contributed by atoms with Crippen molar-refractivity contribution in [2.24, 2.45) is 0 Å². The predicted molar refractivity (Wildman–Crippen MR) is 136 cm³/mol. The average Bonchev–Trinajstić information content (AvgIpc) is 3.44. The molecule has 0 radical (unpaired) electrons. The largest absolute Gasteiger partial charge is 0.353 e. The van der Waals surface area contributed by atoms with Crippen LogP contribution in [0.1, 0.15) is 55.2 Å². The highest BCUT2D eigenvalue weighted by Crippen LogP contribution is 2.38. The number of hydrogen-bond acceptors (Lipinski definition) is 4. The number of carbonyl (C=O) groups excluding carboxylic acids is 1. The SMILES string of the molecule is Cc1cc(-c2[nH]c3ccc(C4CCN(CC(=O)N(C)C)CC4)cc3c2C(C)C)nn2ccnc12. The minimum atomic E-state index is 0.180. The molecule has 4 heterocycles. The summed E-state index contributed by atoms with van der Waals surface area (Å²) in [5.74, 6) is 1.06. The Morgan fingerprint density at radius 2 is 1.97 bits per heavy atom. The lowest BCUT2D eigenvalue weighted by Crippen LogP contribution is -2.40. The number of piperidine rings is 1. The Bertz CT molecular complexity index is 1340. The van der Waals surface area contributed by atoms with Crippen molar-refractivity contribution in [1.82, 2.24) is 29.4 Å². The Morgan fingerprint density at radius 1 is 1.21 bits per heavy atom. The lowest BCUT2D eigenvalue weighted by atomic mass is 9.87. The summed E-state index contributed by atoms with van der Waals surface area (Å²) in [6.45, 7) is 9.04. The molecular formula is C27H34N6O. The Morgan fingerprint density at radius 3 is 2.68 bits per heavy atom. The molecule has 0 atom stereocenters. The number of aromatic amines is 1. The Balaban J connectivity index is 1.45. The van der Waals surface area contributed by atoms with Crippen molar-refractivity contribution in [1.29, 1.82) is 0 Å². The van der Waals surface area contributed by atoms with E-state index in [9.17, 15) is 4.79 Å². The number of likely N-dealkylation sites (tertiary alicyclic amines) is 1. The van der Waals surface area contributed by atoms with E-state index in [1.165, 1.54) is 16.5 Å². The molecular weight excluding hydrogens is 424 g/mol. The average molecular weight is 459 g/mol. The zero-order valence-electron chi connectivity index (χ0n) is 20.8. The first kappa shape index (κ1) is 22.6. The van der Waals surface area contributed by atoms with Gasteiger partial charge in [-0.3, -0.25) is 9.69 Å². The minimum absolute atomic E-state index is 0.180. The van der Waals surface area contributed by atoms with Crippen LogP contribution in [-0.4, -0.2) is 69.0 Å². The van der Waals surface area contributed by atoms with Gasteiger partial charge in [-0.25, -0.2) is 9.50 Å².